The molecule has 154 valence electrons. The topological polar surface area (TPSA) is 44.4 Å². The predicted octanol–water partition coefficient (Wildman–Crippen LogP) is 3.77. The van der Waals surface area contributed by atoms with Crippen LogP contribution in [0.4, 0.5) is 0 Å². The molecule has 0 spiro atoms. The molecule has 27 heavy (non-hydrogen) atoms. The lowest BCUT2D eigenvalue weighted by atomic mass is 9.67. The van der Waals surface area contributed by atoms with Gasteiger partial charge < -0.3 is 10.6 Å². The highest BCUT2D eigenvalue weighted by Crippen LogP contribution is 2.43. The molecule has 6 heteroatoms. The van der Waals surface area contributed by atoms with Gasteiger partial charge in [0.2, 0.25) is 5.91 Å². The summed E-state index contributed by atoms with van der Waals surface area (Å²) in [5.74, 6) is 0.776. The van der Waals surface area contributed by atoms with Crippen molar-refractivity contribution in [2.75, 3.05) is 20.1 Å². The van der Waals surface area contributed by atoms with Gasteiger partial charge in [-0.05, 0) is 57.3 Å². The Morgan fingerprint density at radius 2 is 1.96 bits per heavy atom. The zero-order chi connectivity index (χ0) is 17.9. The maximum absolute atomic E-state index is 13.1. The summed E-state index contributed by atoms with van der Waals surface area (Å²) < 4.78 is 0. The summed E-state index contributed by atoms with van der Waals surface area (Å²) in [6.45, 7) is 7.82. The molecule has 0 aromatic heterocycles. The normalized spacial score (nSPS) is 24.1. The van der Waals surface area contributed by atoms with Gasteiger partial charge in [0.25, 0.3) is 0 Å². The Balaban J connectivity index is 0.00000182. The number of hydrogen-bond donors (Lipinski definition) is 2. The highest BCUT2D eigenvalue weighted by Gasteiger charge is 2.49. The van der Waals surface area contributed by atoms with Crippen LogP contribution < -0.4 is 10.6 Å². The van der Waals surface area contributed by atoms with Crippen LogP contribution >= 0.6 is 24.8 Å². The number of carbonyl (C=O) groups is 1. The van der Waals surface area contributed by atoms with Gasteiger partial charge in [-0.15, -0.1) is 24.8 Å². The molecule has 1 aromatic carbocycles. The van der Waals surface area contributed by atoms with E-state index in [4.69, 9.17) is 0 Å². The molecule has 3 rings (SSSR count). The predicted molar refractivity (Wildman–Crippen MR) is 117 cm³/mol. The number of hydrogen-bond acceptors (Lipinski definition) is 3. The summed E-state index contributed by atoms with van der Waals surface area (Å²) in [4.78, 5) is 15.4. The Morgan fingerprint density at radius 3 is 2.67 bits per heavy atom. The van der Waals surface area contributed by atoms with Crippen LogP contribution in [0, 0.1) is 11.3 Å². The number of nitrogens with zero attached hydrogens (tertiary/aromatic N) is 1. The lowest BCUT2D eigenvalue weighted by Gasteiger charge is -2.37. The first-order valence-electron chi connectivity index (χ1n) is 9.79. The third-order valence-electron chi connectivity index (χ3n) is 6.35. The Bertz CT molecular complexity index is 611. The highest BCUT2D eigenvalue weighted by molar-refractivity contribution is 5.85. The van der Waals surface area contributed by atoms with Gasteiger partial charge in [0.1, 0.15) is 0 Å². The smallest absolute Gasteiger partial charge is 0.228 e. The second kappa shape index (κ2) is 10.7. The minimum absolute atomic E-state index is 0. The van der Waals surface area contributed by atoms with Crippen molar-refractivity contribution in [3.05, 3.63) is 35.4 Å². The lowest BCUT2D eigenvalue weighted by Crippen LogP contribution is -2.47. The fraction of sp³-hybridized carbons (Fsp3) is 0.667. The van der Waals surface area contributed by atoms with Gasteiger partial charge in [-0.2, -0.15) is 0 Å². The minimum Gasteiger partial charge on any atom is -0.351 e. The Labute approximate surface area is 176 Å². The van der Waals surface area contributed by atoms with E-state index in [1.54, 1.807) is 0 Å². The molecule has 2 fully saturated rings. The van der Waals surface area contributed by atoms with Crippen LogP contribution in [0.1, 0.15) is 50.7 Å². The molecule has 1 aliphatic heterocycles. The molecule has 0 unspecified atom stereocenters. The summed E-state index contributed by atoms with van der Waals surface area (Å²) in [5.41, 5.74) is 2.38. The standard InChI is InChI=1S/C21H33N3O.2ClH/c1-16(2)24(3)14-18-9-5-4-8-17(18)12-23-20(25)21-11-7-6-10-19(21)13-22-15-21;;/h4-5,8-9,16,19,22H,6-7,10-15H2,1-3H3,(H,23,25);2*1H/t19-,21+;;/m0../s1. The van der Waals surface area contributed by atoms with Gasteiger partial charge in [0.05, 0.1) is 5.41 Å². The second-order valence-electron chi connectivity index (χ2n) is 8.19. The van der Waals surface area contributed by atoms with Gasteiger partial charge >= 0.3 is 0 Å². The summed E-state index contributed by atoms with van der Waals surface area (Å²) in [5, 5.41) is 6.74. The van der Waals surface area contributed by atoms with E-state index in [0.29, 0.717) is 18.5 Å². The first kappa shape index (κ1) is 24.2. The lowest BCUT2D eigenvalue weighted by molar-refractivity contribution is -0.134. The van der Waals surface area contributed by atoms with Crippen molar-refractivity contribution in [2.24, 2.45) is 11.3 Å². The van der Waals surface area contributed by atoms with Gasteiger partial charge in [0.15, 0.2) is 0 Å². The Hall–Kier alpha value is -0.810. The van der Waals surface area contributed by atoms with Crippen LogP contribution in [-0.2, 0) is 17.9 Å². The van der Waals surface area contributed by atoms with Crippen LogP contribution in [0.3, 0.4) is 0 Å². The van der Waals surface area contributed by atoms with Gasteiger partial charge in [-0.25, -0.2) is 0 Å². The van der Waals surface area contributed by atoms with Crippen molar-refractivity contribution in [1.82, 2.24) is 15.5 Å². The third-order valence-corrected chi connectivity index (χ3v) is 6.35. The molecule has 1 aliphatic carbocycles. The number of carbonyl (C=O) groups excluding carboxylic acids is 1. The first-order valence-corrected chi connectivity index (χ1v) is 9.79. The summed E-state index contributed by atoms with van der Waals surface area (Å²) in [6.07, 6.45) is 4.68. The molecule has 0 bridgehead atoms. The van der Waals surface area contributed by atoms with Crippen LogP contribution in [0.5, 0.6) is 0 Å². The van der Waals surface area contributed by atoms with Gasteiger partial charge in [-0.1, -0.05) is 37.1 Å². The van der Waals surface area contributed by atoms with Crippen molar-refractivity contribution in [2.45, 2.75) is 58.7 Å². The number of rotatable bonds is 6. The van der Waals surface area contributed by atoms with E-state index in [0.717, 1.165) is 26.1 Å². The van der Waals surface area contributed by atoms with Crippen molar-refractivity contribution in [3.63, 3.8) is 0 Å². The zero-order valence-electron chi connectivity index (χ0n) is 16.8. The molecule has 2 aliphatic rings. The number of halogens is 2. The van der Waals surface area contributed by atoms with Crippen molar-refractivity contribution in [3.8, 4) is 0 Å². The molecule has 0 radical (unpaired) electrons. The Morgan fingerprint density at radius 1 is 1.26 bits per heavy atom. The maximum atomic E-state index is 13.1. The molecule has 1 saturated carbocycles. The summed E-state index contributed by atoms with van der Waals surface area (Å²) >= 11 is 0. The van der Waals surface area contributed by atoms with E-state index in [9.17, 15) is 4.79 Å². The van der Waals surface area contributed by atoms with E-state index in [2.05, 4.69) is 60.7 Å². The van der Waals surface area contributed by atoms with Gasteiger partial charge in [-0.3, -0.25) is 9.69 Å². The molecule has 1 aromatic rings. The SMILES string of the molecule is CC(C)N(C)Cc1ccccc1CNC(=O)[C@@]12CCCC[C@H]1CNC2.Cl.Cl. The third kappa shape index (κ3) is 5.38. The molecule has 2 atom stereocenters. The maximum Gasteiger partial charge on any atom is 0.228 e. The zero-order valence-corrected chi connectivity index (χ0v) is 18.4. The monoisotopic (exact) mass is 415 g/mol. The molecule has 2 N–H and O–H groups in total. The molecule has 1 amide bonds. The number of fused-ring (bicyclic) bond motifs is 1. The summed E-state index contributed by atoms with van der Waals surface area (Å²) in [6, 6.07) is 8.99. The number of nitrogens with one attached hydrogen (secondary N) is 2. The molecular weight excluding hydrogens is 381 g/mol. The van der Waals surface area contributed by atoms with Crippen LogP contribution in [0.15, 0.2) is 24.3 Å². The van der Waals surface area contributed by atoms with Crippen molar-refractivity contribution in [1.29, 1.82) is 0 Å². The quantitative estimate of drug-likeness (QED) is 0.742. The molecular formula is C21H35Cl2N3O. The average molecular weight is 416 g/mol. The fourth-order valence-electron chi connectivity index (χ4n) is 4.38. The van der Waals surface area contributed by atoms with Gasteiger partial charge in [0, 0.05) is 25.7 Å². The highest BCUT2D eigenvalue weighted by atomic mass is 35.5. The molecule has 1 saturated heterocycles. The number of benzene rings is 1. The van der Waals surface area contributed by atoms with Crippen molar-refractivity contribution < 1.29 is 4.79 Å². The van der Waals surface area contributed by atoms with Crippen LogP contribution in [0.25, 0.3) is 0 Å². The largest absolute Gasteiger partial charge is 0.351 e. The Kier molecular flexibility index (Phi) is 9.56. The van der Waals surface area contributed by atoms with E-state index in [-0.39, 0.29) is 36.1 Å². The molecule has 1 heterocycles. The average Bonchev–Trinajstić information content (AvgIpc) is 3.05. The van der Waals surface area contributed by atoms with Crippen molar-refractivity contribution >= 4 is 30.7 Å². The molecule has 4 nitrogen and oxygen atoms in total. The minimum atomic E-state index is -0.165. The van der Waals surface area contributed by atoms with E-state index < -0.39 is 0 Å². The van der Waals surface area contributed by atoms with Crippen LogP contribution in [-0.4, -0.2) is 37.0 Å². The summed E-state index contributed by atoms with van der Waals surface area (Å²) in [7, 11) is 2.15. The van der Waals surface area contributed by atoms with E-state index in [1.807, 2.05) is 0 Å². The number of amides is 1. The van der Waals surface area contributed by atoms with Crippen LogP contribution in [0.2, 0.25) is 0 Å². The first-order chi connectivity index (χ1) is 12.0. The van der Waals surface area contributed by atoms with E-state index >= 15 is 0 Å². The second-order valence-corrected chi connectivity index (χ2v) is 8.19. The fourth-order valence-corrected chi connectivity index (χ4v) is 4.38. The van der Waals surface area contributed by atoms with E-state index in [1.165, 1.54) is 30.4 Å².